The minimum atomic E-state index is 0.973. The van der Waals surface area contributed by atoms with E-state index >= 15 is 0 Å². The van der Waals surface area contributed by atoms with Crippen LogP contribution in [0.5, 0.6) is 0 Å². The Morgan fingerprint density at radius 3 is 2.62 bits per heavy atom. The van der Waals surface area contributed by atoms with Gasteiger partial charge >= 0.3 is 0 Å². The Balaban J connectivity index is 2.05. The van der Waals surface area contributed by atoms with Crippen LogP contribution in [0.1, 0.15) is 6.42 Å². The molecule has 0 aromatic heterocycles. The third-order valence-corrected chi connectivity index (χ3v) is 4.48. The Morgan fingerprint density at radius 1 is 0.762 bits per heavy atom. The summed E-state index contributed by atoms with van der Waals surface area (Å²) >= 11 is 0. The van der Waals surface area contributed by atoms with Gasteiger partial charge in [0.2, 0.25) is 0 Å². The van der Waals surface area contributed by atoms with Gasteiger partial charge in [0, 0.05) is 15.8 Å². The molecule has 1 heteroatoms. The summed E-state index contributed by atoms with van der Waals surface area (Å²) in [5, 5.41) is 7.52. The molecule has 0 radical (unpaired) electrons. The zero-order valence-corrected chi connectivity index (χ0v) is 11.5. The molecular formula is C20H13N. The van der Waals surface area contributed by atoms with Gasteiger partial charge in [-0.2, -0.15) is 0 Å². The summed E-state index contributed by atoms with van der Waals surface area (Å²) in [6, 6.07) is 21.5. The average Bonchev–Trinajstić information content (AvgIpc) is 2.94. The zero-order chi connectivity index (χ0) is 13.8. The summed E-state index contributed by atoms with van der Waals surface area (Å²) < 4.78 is 0. The number of hydrogen-bond acceptors (Lipinski definition) is 1. The predicted molar refractivity (Wildman–Crippen MR) is 86.3 cm³/mol. The average molecular weight is 267 g/mol. The second-order valence-corrected chi connectivity index (χ2v) is 5.62. The minimum absolute atomic E-state index is 0.973. The lowest BCUT2D eigenvalue weighted by Gasteiger charge is -2.07. The number of hydrogen-bond donors (Lipinski definition) is 0. The first-order valence-corrected chi connectivity index (χ1v) is 7.31. The molecule has 98 valence electrons. The highest BCUT2D eigenvalue weighted by Gasteiger charge is 2.16. The van der Waals surface area contributed by atoms with Gasteiger partial charge in [-0.25, -0.2) is 4.99 Å². The van der Waals surface area contributed by atoms with Crippen molar-refractivity contribution in [2.75, 3.05) is 0 Å². The summed E-state index contributed by atoms with van der Waals surface area (Å²) in [4.78, 5) is 5.00. The van der Waals surface area contributed by atoms with Crippen LogP contribution in [0.25, 0.3) is 28.1 Å². The van der Waals surface area contributed by atoms with Crippen LogP contribution < -0.4 is 21.0 Å². The molecule has 3 aromatic rings. The lowest BCUT2D eigenvalue weighted by molar-refractivity contribution is 1.35. The van der Waals surface area contributed by atoms with Crippen LogP contribution in [-0.4, -0.2) is 0 Å². The molecule has 3 aromatic carbocycles. The summed E-state index contributed by atoms with van der Waals surface area (Å²) in [5.74, 6) is 0. The number of nitrogens with zero attached hydrogens (tertiary/aromatic N) is 1. The van der Waals surface area contributed by atoms with Crippen LogP contribution in [0.2, 0.25) is 0 Å². The highest BCUT2D eigenvalue weighted by Crippen LogP contribution is 2.21. The Morgan fingerprint density at radius 2 is 1.62 bits per heavy atom. The van der Waals surface area contributed by atoms with Gasteiger partial charge in [-0.05, 0) is 22.6 Å². The molecule has 1 aliphatic carbocycles. The molecule has 0 saturated carbocycles. The summed E-state index contributed by atoms with van der Waals surface area (Å²) in [7, 11) is 0. The predicted octanol–water partition coefficient (Wildman–Crippen LogP) is 1.62. The van der Waals surface area contributed by atoms with Crippen molar-refractivity contribution in [2.24, 2.45) is 4.99 Å². The first-order valence-electron chi connectivity index (χ1n) is 7.31. The van der Waals surface area contributed by atoms with E-state index in [9.17, 15) is 0 Å². The Bertz CT molecular complexity index is 1150. The van der Waals surface area contributed by atoms with Gasteiger partial charge in [0.25, 0.3) is 0 Å². The first-order chi connectivity index (χ1) is 10.4. The second kappa shape index (κ2) is 3.92. The van der Waals surface area contributed by atoms with Crippen molar-refractivity contribution >= 4 is 28.1 Å². The van der Waals surface area contributed by atoms with Crippen LogP contribution >= 0.6 is 0 Å². The smallest absolute Gasteiger partial charge is 0.0791 e. The maximum atomic E-state index is 5.00. The van der Waals surface area contributed by atoms with Crippen LogP contribution in [0.3, 0.4) is 0 Å². The van der Waals surface area contributed by atoms with E-state index in [1.807, 2.05) is 0 Å². The molecule has 0 unspecified atom stereocenters. The van der Waals surface area contributed by atoms with Crippen molar-refractivity contribution in [3.63, 3.8) is 0 Å². The zero-order valence-electron chi connectivity index (χ0n) is 11.5. The SMILES string of the molecule is C1=c2ccccc2=C2N=c3c(ccc4ccccc34)=C2C1. The van der Waals surface area contributed by atoms with E-state index in [-0.39, 0.29) is 0 Å². The Hall–Kier alpha value is -2.67. The van der Waals surface area contributed by atoms with Gasteiger partial charge in [0.15, 0.2) is 0 Å². The highest BCUT2D eigenvalue weighted by molar-refractivity contribution is 5.95. The van der Waals surface area contributed by atoms with E-state index < -0.39 is 0 Å². The van der Waals surface area contributed by atoms with E-state index in [0.29, 0.717) is 0 Å². The molecular weight excluding hydrogens is 254 g/mol. The number of fused-ring (bicyclic) bond motifs is 5. The van der Waals surface area contributed by atoms with Crippen LogP contribution in [-0.2, 0) is 0 Å². The molecule has 1 heterocycles. The normalized spacial score (nSPS) is 15.0. The van der Waals surface area contributed by atoms with Crippen LogP contribution in [0, 0.1) is 0 Å². The van der Waals surface area contributed by atoms with E-state index in [2.05, 4.69) is 66.7 Å². The monoisotopic (exact) mass is 267 g/mol. The highest BCUT2D eigenvalue weighted by atomic mass is 14.8. The van der Waals surface area contributed by atoms with Gasteiger partial charge in [-0.15, -0.1) is 0 Å². The molecule has 0 saturated heterocycles. The molecule has 0 spiro atoms. The fraction of sp³-hybridized carbons (Fsp3) is 0.0500. The maximum absolute atomic E-state index is 5.00. The summed E-state index contributed by atoms with van der Waals surface area (Å²) in [6.07, 6.45) is 3.29. The van der Waals surface area contributed by atoms with E-state index in [1.54, 1.807) is 0 Å². The minimum Gasteiger partial charge on any atom is -0.247 e. The molecule has 21 heavy (non-hydrogen) atoms. The van der Waals surface area contributed by atoms with Crippen molar-refractivity contribution in [3.8, 4) is 0 Å². The van der Waals surface area contributed by atoms with Gasteiger partial charge in [-0.3, -0.25) is 0 Å². The fourth-order valence-electron chi connectivity index (χ4n) is 3.46. The lowest BCUT2D eigenvalue weighted by atomic mass is 9.98. The molecule has 0 N–H and O–H groups in total. The third-order valence-electron chi connectivity index (χ3n) is 4.48. The quantitative estimate of drug-likeness (QED) is 0.587. The fourth-order valence-corrected chi connectivity index (χ4v) is 3.46. The van der Waals surface area contributed by atoms with Crippen molar-refractivity contribution in [2.45, 2.75) is 6.42 Å². The molecule has 0 amide bonds. The molecule has 1 nitrogen and oxygen atoms in total. The first kappa shape index (κ1) is 11.0. The van der Waals surface area contributed by atoms with Crippen molar-refractivity contribution in [3.05, 3.63) is 81.7 Å². The molecule has 2 aliphatic rings. The van der Waals surface area contributed by atoms with Gasteiger partial charge in [-0.1, -0.05) is 66.7 Å². The number of rotatable bonds is 0. The van der Waals surface area contributed by atoms with Crippen LogP contribution in [0.4, 0.5) is 0 Å². The Labute approximate surface area is 121 Å². The van der Waals surface area contributed by atoms with E-state index in [1.165, 1.54) is 37.7 Å². The van der Waals surface area contributed by atoms with E-state index in [0.717, 1.165) is 11.8 Å². The third kappa shape index (κ3) is 1.43. The van der Waals surface area contributed by atoms with E-state index in [4.69, 9.17) is 4.99 Å². The van der Waals surface area contributed by atoms with Gasteiger partial charge in [0.1, 0.15) is 0 Å². The van der Waals surface area contributed by atoms with Gasteiger partial charge in [0.05, 0.1) is 11.1 Å². The number of benzene rings is 3. The molecule has 5 rings (SSSR count). The molecule has 0 fully saturated rings. The molecule has 0 bridgehead atoms. The molecule has 1 aliphatic heterocycles. The second-order valence-electron chi connectivity index (χ2n) is 5.62. The standard InChI is InChI=1S/C20H13N/c1-3-7-15-13(5-1)9-11-17-18-12-10-14-6-2-4-8-16(14)20(18)21-19(15)17/h1-11H,12H2. The van der Waals surface area contributed by atoms with Crippen molar-refractivity contribution < 1.29 is 0 Å². The van der Waals surface area contributed by atoms with Crippen molar-refractivity contribution in [1.82, 2.24) is 0 Å². The van der Waals surface area contributed by atoms with Crippen molar-refractivity contribution in [1.29, 1.82) is 0 Å². The largest absolute Gasteiger partial charge is 0.247 e. The Kier molecular flexibility index (Phi) is 2.06. The van der Waals surface area contributed by atoms with Crippen LogP contribution in [0.15, 0.2) is 65.7 Å². The maximum Gasteiger partial charge on any atom is 0.0791 e. The lowest BCUT2D eigenvalue weighted by Crippen LogP contribution is -2.29. The van der Waals surface area contributed by atoms with Gasteiger partial charge < -0.3 is 0 Å². The topological polar surface area (TPSA) is 12.4 Å². The summed E-state index contributed by atoms with van der Waals surface area (Å²) in [5.41, 5.74) is 2.54. The summed E-state index contributed by atoms with van der Waals surface area (Å²) in [6.45, 7) is 0. The molecule has 0 atom stereocenters.